The molecule has 0 saturated carbocycles. The van der Waals surface area contributed by atoms with Gasteiger partial charge >= 0.3 is 5.97 Å². The number of pyridine rings is 1. The summed E-state index contributed by atoms with van der Waals surface area (Å²) in [7, 11) is 0. The average molecular weight is 409 g/mol. The monoisotopic (exact) mass is 408 g/mol. The number of hydrogen-bond donors (Lipinski definition) is 1. The first-order valence-electron chi connectivity index (χ1n) is 9.24. The lowest BCUT2D eigenvalue weighted by Gasteiger charge is -2.07. The third kappa shape index (κ3) is 4.00. The van der Waals surface area contributed by atoms with Crippen molar-refractivity contribution in [3.63, 3.8) is 0 Å². The minimum atomic E-state index is -0.446. The summed E-state index contributed by atoms with van der Waals surface area (Å²) >= 11 is 6.16. The van der Waals surface area contributed by atoms with Gasteiger partial charge in [-0.05, 0) is 66.6 Å². The van der Waals surface area contributed by atoms with Crippen molar-refractivity contribution in [2.75, 3.05) is 6.61 Å². The lowest BCUT2D eigenvalue weighted by Crippen LogP contribution is -2.08. The van der Waals surface area contributed by atoms with Crippen molar-refractivity contribution < 1.29 is 13.9 Å². The average Bonchev–Trinajstić information content (AvgIpc) is 3.06. The molecule has 0 saturated heterocycles. The van der Waals surface area contributed by atoms with Crippen LogP contribution in [0, 0.1) is 5.82 Å². The van der Waals surface area contributed by atoms with Gasteiger partial charge in [0.05, 0.1) is 12.3 Å². The van der Waals surface area contributed by atoms with Crippen LogP contribution in [0.2, 0.25) is 5.02 Å². The molecule has 0 bridgehead atoms. The highest BCUT2D eigenvalue weighted by Gasteiger charge is 2.16. The standard InChI is InChI=1S/C23H18ClFN2O2/c1-2-29-23(28)20-5-3-4-17(26-20)13-19-18-11-8-15(24)12-21(18)27-22(19)14-6-9-16(25)10-7-14/h3-12,27H,2,13H2,1H3. The number of benzene rings is 2. The first-order chi connectivity index (χ1) is 14.0. The molecule has 1 N–H and O–H groups in total. The molecule has 0 atom stereocenters. The summed E-state index contributed by atoms with van der Waals surface area (Å²) < 4.78 is 18.5. The molecule has 0 aliphatic rings. The van der Waals surface area contributed by atoms with Crippen molar-refractivity contribution in [1.29, 1.82) is 0 Å². The fourth-order valence-corrected chi connectivity index (χ4v) is 3.52. The Balaban J connectivity index is 1.80. The number of nitrogens with zero attached hydrogens (tertiary/aromatic N) is 1. The van der Waals surface area contributed by atoms with Crippen LogP contribution in [-0.2, 0) is 11.2 Å². The third-order valence-electron chi connectivity index (χ3n) is 4.65. The van der Waals surface area contributed by atoms with Crippen LogP contribution >= 0.6 is 11.6 Å². The predicted molar refractivity (Wildman–Crippen MR) is 112 cm³/mol. The van der Waals surface area contributed by atoms with E-state index in [0.29, 0.717) is 18.1 Å². The summed E-state index contributed by atoms with van der Waals surface area (Å²) in [5.74, 6) is -0.739. The van der Waals surface area contributed by atoms with Gasteiger partial charge in [-0.2, -0.15) is 0 Å². The highest BCUT2D eigenvalue weighted by atomic mass is 35.5. The number of rotatable bonds is 5. The van der Waals surface area contributed by atoms with Gasteiger partial charge in [0.2, 0.25) is 0 Å². The zero-order valence-electron chi connectivity index (χ0n) is 15.7. The molecule has 4 nitrogen and oxygen atoms in total. The molecule has 146 valence electrons. The van der Waals surface area contributed by atoms with Crippen molar-refractivity contribution in [3.8, 4) is 11.3 Å². The van der Waals surface area contributed by atoms with E-state index in [-0.39, 0.29) is 11.5 Å². The van der Waals surface area contributed by atoms with Crippen molar-refractivity contribution in [2.24, 2.45) is 0 Å². The maximum absolute atomic E-state index is 13.4. The Morgan fingerprint density at radius 3 is 2.69 bits per heavy atom. The Labute approximate surface area is 172 Å². The minimum absolute atomic E-state index is 0.274. The summed E-state index contributed by atoms with van der Waals surface area (Å²) in [5, 5.41) is 1.62. The Kier molecular flexibility index (Phi) is 5.32. The number of carbonyl (C=O) groups is 1. The molecule has 4 rings (SSSR count). The molecule has 0 aliphatic heterocycles. The van der Waals surface area contributed by atoms with E-state index < -0.39 is 5.97 Å². The molecule has 2 heterocycles. The van der Waals surface area contributed by atoms with E-state index in [1.54, 1.807) is 31.2 Å². The Morgan fingerprint density at radius 2 is 1.93 bits per heavy atom. The Morgan fingerprint density at radius 1 is 1.14 bits per heavy atom. The number of fused-ring (bicyclic) bond motifs is 1. The quantitative estimate of drug-likeness (QED) is 0.425. The molecule has 0 aliphatic carbocycles. The second-order valence-electron chi connectivity index (χ2n) is 6.59. The molecule has 29 heavy (non-hydrogen) atoms. The van der Waals surface area contributed by atoms with Crippen molar-refractivity contribution in [2.45, 2.75) is 13.3 Å². The van der Waals surface area contributed by atoms with Crippen molar-refractivity contribution in [3.05, 3.63) is 88.5 Å². The summed E-state index contributed by atoms with van der Waals surface area (Å²) in [6, 6.07) is 17.2. The molecule has 0 spiro atoms. The normalized spacial score (nSPS) is 11.0. The van der Waals surface area contributed by atoms with Crippen LogP contribution in [0.5, 0.6) is 0 Å². The van der Waals surface area contributed by atoms with Crippen LogP contribution in [0.15, 0.2) is 60.7 Å². The molecule has 0 unspecified atom stereocenters. The Hall–Kier alpha value is -3.18. The van der Waals surface area contributed by atoms with E-state index >= 15 is 0 Å². The molecular formula is C23H18ClFN2O2. The summed E-state index contributed by atoms with van der Waals surface area (Å²) in [4.78, 5) is 19.9. The minimum Gasteiger partial charge on any atom is -0.461 e. The number of ether oxygens (including phenoxy) is 1. The van der Waals surface area contributed by atoms with E-state index in [0.717, 1.165) is 33.4 Å². The van der Waals surface area contributed by atoms with Gasteiger partial charge in [-0.1, -0.05) is 23.7 Å². The van der Waals surface area contributed by atoms with Gasteiger partial charge in [0, 0.05) is 28.0 Å². The van der Waals surface area contributed by atoms with Gasteiger partial charge in [-0.3, -0.25) is 0 Å². The summed E-state index contributed by atoms with van der Waals surface area (Å²) in [6.07, 6.45) is 0.488. The zero-order chi connectivity index (χ0) is 20.4. The van der Waals surface area contributed by atoms with Gasteiger partial charge in [0.25, 0.3) is 0 Å². The van der Waals surface area contributed by atoms with Crippen LogP contribution in [-0.4, -0.2) is 22.5 Å². The van der Waals surface area contributed by atoms with E-state index in [2.05, 4.69) is 9.97 Å². The van der Waals surface area contributed by atoms with Crippen molar-refractivity contribution in [1.82, 2.24) is 9.97 Å². The number of carbonyl (C=O) groups excluding carboxylic acids is 1. The largest absolute Gasteiger partial charge is 0.461 e. The number of nitrogens with one attached hydrogen (secondary N) is 1. The van der Waals surface area contributed by atoms with Crippen LogP contribution in [0.4, 0.5) is 4.39 Å². The fraction of sp³-hybridized carbons (Fsp3) is 0.130. The van der Waals surface area contributed by atoms with E-state index in [1.807, 2.05) is 24.3 Å². The molecule has 6 heteroatoms. The van der Waals surface area contributed by atoms with E-state index in [4.69, 9.17) is 16.3 Å². The lowest BCUT2D eigenvalue weighted by atomic mass is 10.0. The predicted octanol–water partition coefficient (Wildman–Crippen LogP) is 5.79. The summed E-state index contributed by atoms with van der Waals surface area (Å²) in [5.41, 5.74) is 4.61. The number of H-pyrrole nitrogens is 1. The van der Waals surface area contributed by atoms with Crippen LogP contribution in [0.25, 0.3) is 22.2 Å². The molecular weight excluding hydrogens is 391 g/mol. The lowest BCUT2D eigenvalue weighted by molar-refractivity contribution is 0.0519. The summed E-state index contributed by atoms with van der Waals surface area (Å²) in [6.45, 7) is 2.05. The number of halogens is 2. The van der Waals surface area contributed by atoms with E-state index in [9.17, 15) is 9.18 Å². The number of aromatic nitrogens is 2. The van der Waals surface area contributed by atoms with Crippen LogP contribution < -0.4 is 0 Å². The van der Waals surface area contributed by atoms with Gasteiger partial charge in [-0.15, -0.1) is 0 Å². The molecule has 0 radical (unpaired) electrons. The SMILES string of the molecule is CCOC(=O)c1cccc(Cc2c(-c3ccc(F)cc3)[nH]c3cc(Cl)ccc23)n1. The van der Waals surface area contributed by atoms with Crippen LogP contribution in [0.1, 0.15) is 28.7 Å². The maximum Gasteiger partial charge on any atom is 0.356 e. The van der Waals surface area contributed by atoms with Gasteiger partial charge in [0.15, 0.2) is 0 Å². The van der Waals surface area contributed by atoms with Gasteiger partial charge in [0.1, 0.15) is 11.5 Å². The number of esters is 1. The Bertz CT molecular complexity index is 1190. The number of hydrogen-bond acceptors (Lipinski definition) is 3. The number of aromatic amines is 1. The second kappa shape index (κ2) is 8.05. The highest BCUT2D eigenvalue weighted by molar-refractivity contribution is 6.31. The van der Waals surface area contributed by atoms with Gasteiger partial charge in [-0.25, -0.2) is 14.2 Å². The van der Waals surface area contributed by atoms with Gasteiger partial charge < -0.3 is 9.72 Å². The van der Waals surface area contributed by atoms with E-state index in [1.165, 1.54) is 12.1 Å². The first-order valence-corrected chi connectivity index (χ1v) is 9.62. The third-order valence-corrected chi connectivity index (χ3v) is 4.89. The van der Waals surface area contributed by atoms with Crippen LogP contribution in [0.3, 0.4) is 0 Å². The maximum atomic E-state index is 13.4. The second-order valence-corrected chi connectivity index (χ2v) is 7.02. The molecule has 2 aromatic carbocycles. The molecule has 0 fully saturated rings. The van der Waals surface area contributed by atoms with Crippen molar-refractivity contribution >= 4 is 28.5 Å². The molecule has 4 aromatic rings. The molecule has 0 amide bonds. The first kappa shape index (κ1) is 19.2. The smallest absolute Gasteiger partial charge is 0.356 e. The highest BCUT2D eigenvalue weighted by Crippen LogP contribution is 2.33. The fourth-order valence-electron chi connectivity index (χ4n) is 3.35. The topological polar surface area (TPSA) is 55.0 Å². The zero-order valence-corrected chi connectivity index (χ0v) is 16.5. The molecule has 2 aromatic heterocycles.